The molecule has 3 saturated carbocycles. The zero-order valence-electron chi connectivity index (χ0n) is 16.1. The van der Waals surface area contributed by atoms with Crippen LogP contribution in [0, 0.1) is 34.5 Å². The van der Waals surface area contributed by atoms with Crippen LogP contribution in [0.4, 0.5) is 0 Å². The van der Waals surface area contributed by atoms with E-state index in [0.717, 1.165) is 30.4 Å². The van der Waals surface area contributed by atoms with E-state index in [1.54, 1.807) is 12.2 Å². The van der Waals surface area contributed by atoms with E-state index in [9.17, 15) is 17.8 Å². The minimum absolute atomic E-state index is 0.0254. The molecule has 0 radical (unpaired) electrons. The molecule has 4 aliphatic rings. The SMILES string of the molecule is C=C1C2=CC(=O)C=C[C@]2(C)[C@H]2CC[C@]3(C)[C@@H](OS(=O)(=O)O)CC[C@H]3[C@@H]2C1C. The monoisotopic (exact) mass is 392 g/mol. The summed E-state index contributed by atoms with van der Waals surface area (Å²) >= 11 is 0. The van der Waals surface area contributed by atoms with Crippen molar-refractivity contribution in [3.05, 3.63) is 36.0 Å². The van der Waals surface area contributed by atoms with Crippen LogP contribution in [0.3, 0.4) is 0 Å². The molecule has 7 atom stereocenters. The predicted octanol–water partition coefficient (Wildman–Crippen LogP) is 3.89. The molecule has 6 heteroatoms. The number of carbonyl (C=O) groups is 1. The Balaban J connectivity index is 1.73. The van der Waals surface area contributed by atoms with Gasteiger partial charge in [-0.25, -0.2) is 4.18 Å². The van der Waals surface area contributed by atoms with Crippen molar-refractivity contribution in [1.82, 2.24) is 0 Å². The fraction of sp³-hybridized carbons (Fsp3) is 0.667. The van der Waals surface area contributed by atoms with Crippen molar-refractivity contribution in [2.24, 2.45) is 34.5 Å². The van der Waals surface area contributed by atoms with Crippen LogP contribution in [0.1, 0.15) is 46.5 Å². The zero-order chi connectivity index (χ0) is 19.8. The van der Waals surface area contributed by atoms with Crippen molar-refractivity contribution in [2.45, 2.75) is 52.6 Å². The van der Waals surface area contributed by atoms with Crippen LogP contribution < -0.4 is 0 Å². The van der Waals surface area contributed by atoms with Gasteiger partial charge in [0.05, 0.1) is 6.10 Å². The Morgan fingerprint density at radius 2 is 1.93 bits per heavy atom. The van der Waals surface area contributed by atoms with Gasteiger partial charge in [0.2, 0.25) is 0 Å². The summed E-state index contributed by atoms with van der Waals surface area (Å²) in [6, 6.07) is 0. The van der Waals surface area contributed by atoms with Crippen LogP contribution in [-0.4, -0.2) is 24.9 Å². The van der Waals surface area contributed by atoms with E-state index in [1.807, 2.05) is 0 Å². The molecular formula is C21H28O5S. The summed E-state index contributed by atoms with van der Waals surface area (Å²) < 4.78 is 37.0. The summed E-state index contributed by atoms with van der Waals surface area (Å²) in [4.78, 5) is 12.0. The highest BCUT2D eigenvalue weighted by Crippen LogP contribution is 2.67. The molecule has 4 aliphatic carbocycles. The molecule has 0 heterocycles. The second kappa shape index (κ2) is 5.88. The molecule has 1 N–H and O–H groups in total. The smallest absolute Gasteiger partial charge is 0.290 e. The topological polar surface area (TPSA) is 80.7 Å². The molecule has 1 unspecified atom stereocenters. The van der Waals surface area contributed by atoms with E-state index >= 15 is 0 Å². The average molecular weight is 393 g/mol. The molecule has 5 nitrogen and oxygen atoms in total. The Morgan fingerprint density at radius 3 is 2.59 bits per heavy atom. The maximum atomic E-state index is 12.0. The summed E-state index contributed by atoms with van der Waals surface area (Å²) in [5, 5.41) is 0. The highest BCUT2D eigenvalue weighted by atomic mass is 32.3. The maximum absolute atomic E-state index is 12.0. The third kappa shape index (κ3) is 2.71. The van der Waals surface area contributed by atoms with Gasteiger partial charge in [0, 0.05) is 5.41 Å². The van der Waals surface area contributed by atoms with Crippen molar-refractivity contribution in [1.29, 1.82) is 0 Å². The molecule has 0 aromatic heterocycles. The van der Waals surface area contributed by atoms with Gasteiger partial charge in [-0.1, -0.05) is 33.4 Å². The van der Waals surface area contributed by atoms with Crippen molar-refractivity contribution in [3.63, 3.8) is 0 Å². The fourth-order valence-electron chi connectivity index (χ4n) is 6.78. The molecule has 0 spiro atoms. The Morgan fingerprint density at radius 1 is 1.22 bits per heavy atom. The molecule has 148 valence electrons. The van der Waals surface area contributed by atoms with Crippen LogP contribution in [0.5, 0.6) is 0 Å². The number of hydrogen-bond acceptors (Lipinski definition) is 4. The minimum Gasteiger partial charge on any atom is -0.290 e. The zero-order valence-corrected chi connectivity index (χ0v) is 17.0. The highest BCUT2D eigenvalue weighted by molar-refractivity contribution is 7.80. The molecule has 0 amide bonds. The van der Waals surface area contributed by atoms with Gasteiger partial charge in [-0.3, -0.25) is 9.35 Å². The molecule has 3 fully saturated rings. The molecule has 4 rings (SSSR count). The van der Waals surface area contributed by atoms with Gasteiger partial charge in [0.1, 0.15) is 0 Å². The number of fused-ring (bicyclic) bond motifs is 5. The highest BCUT2D eigenvalue weighted by Gasteiger charge is 2.61. The first kappa shape index (κ1) is 19.1. The van der Waals surface area contributed by atoms with Gasteiger partial charge in [0.15, 0.2) is 5.78 Å². The lowest BCUT2D eigenvalue weighted by molar-refractivity contribution is -0.111. The Hall–Kier alpha value is -1.24. The molecule has 0 aromatic rings. The summed E-state index contributed by atoms with van der Waals surface area (Å²) in [5.41, 5.74) is 1.61. The molecule has 27 heavy (non-hydrogen) atoms. The summed E-state index contributed by atoms with van der Waals surface area (Å²) in [6.07, 6.45) is 8.31. The maximum Gasteiger partial charge on any atom is 0.397 e. The first-order valence-electron chi connectivity index (χ1n) is 9.77. The van der Waals surface area contributed by atoms with Crippen LogP contribution in [0.2, 0.25) is 0 Å². The van der Waals surface area contributed by atoms with Gasteiger partial charge in [-0.15, -0.1) is 0 Å². The quantitative estimate of drug-likeness (QED) is 0.721. The van der Waals surface area contributed by atoms with E-state index in [-0.39, 0.29) is 22.5 Å². The van der Waals surface area contributed by atoms with Gasteiger partial charge >= 0.3 is 10.4 Å². The molecule has 0 bridgehead atoms. The van der Waals surface area contributed by atoms with E-state index < -0.39 is 16.5 Å². The Labute approximate surface area is 161 Å². The van der Waals surface area contributed by atoms with Crippen LogP contribution in [-0.2, 0) is 19.4 Å². The lowest BCUT2D eigenvalue weighted by Crippen LogP contribution is -2.54. The largest absolute Gasteiger partial charge is 0.397 e. The third-order valence-corrected chi connectivity index (χ3v) is 8.66. The first-order valence-corrected chi connectivity index (χ1v) is 11.1. The Kier molecular flexibility index (Phi) is 4.16. The molecule has 0 aromatic carbocycles. The van der Waals surface area contributed by atoms with Crippen molar-refractivity contribution in [2.75, 3.05) is 0 Å². The second-order valence-corrected chi connectivity index (χ2v) is 10.4. The van der Waals surface area contributed by atoms with Gasteiger partial charge in [-0.2, -0.15) is 8.42 Å². The minimum atomic E-state index is -4.46. The van der Waals surface area contributed by atoms with Gasteiger partial charge in [0.25, 0.3) is 0 Å². The van der Waals surface area contributed by atoms with Crippen LogP contribution in [0.15, 0.2) is 36.0 Å². The van der Waals surface area contributed by atoms with Crippen LogP contribution >= 0.6 is 0 Å². The first-order chi connectivity index (χ1) is 12.5. The van der Waals surface area contributed by atoms with E-state index in [0.29, 0.717) is 24.2 Å². The lowest BCUT2D eigenvalue weighted by atomic mass is 9.45. The molecule has 0 saturated heterocycles. The molecule has 0 aliphatic heterocycles. The normalized spacial score (nSPS) is 46.5. The number of ketones is 1. The number of carbonyl (C=O) groups excluding carboxylic acids is 1. The standard InChI is InChI=1S/C21H28O5S/c1-12-13(2)19-15-5-6-18(26-27(23,24)25)21(15,4)10-8-16(19)20(3)9-7-14(22)11-17(12)20/h7,9,11,13,15-16,18-19H,1,5-6,8,10H2,2-4H3,(H,23,24,25)/t13?,15-,16-,18-,19-,20+,21-/m0/s1. The lowest BCUT2D eigenvalue weighted by Gasteiger charge is -2.59. The molecular weight excluding hydrogens is 364 g/mol. The number of rotatable bonds is 2. The number of hydrogen-bond donors (Lipinski definition) is 1. The van der Waals surface area contributed by atoms with Gasteiger partial charge in [-0.05, 0) is 78.1 Å². The number of allylic oxidation sites excluding steroid dienone is 5. The third-order valence-electron chi connectivity index (χ3n) is 8.19. The van der Waals surface area contributed by atoms with E-state index in [4.69, 9.17) is 4.18 Å². The fourth-order valence-corrected chi connectivity index (χ4v) is 7.39. The van der Waals surface area contributed by atoms with E-state index in [1.165, 1.54) is 0 Å². The Bertz CT molecular complexity index is 869. The second-order valence-electron chi connectivity index (χ2n) is 9.32. The summed E-state index contributed by atoms with van der Waals surface area (Å²) in [5.74, 6) is 1.29. The van der Waals surface area contributed by atoms with E-state index in [2.05, 4.69) is 33.4 Å². The predicted molar refractivity (Wildman–Crippen MR) is 102 cm³/mol. The van der Waals surface area contributed by atoms with Crippen molar-refractivity contribution < 1.29 is 21.9 Å². The average Bonchev–Trinajstić information content (AvgIpc) is 2.89. The van der Waals surface area contributed by atoms with Gasteiger partial charge < -0.3 is 0 Å². The van der Waals surface area contributed by atoms with Crippen molar-refractivity contribution in [3.8, 4) is 0 Å². The van der Waals surface area contributed by atoms with Crippen LogP contribution in [0.25, 0.3) is 0 Å². The summed E-state index contributed by atoms with van der Waals surface area (Å²) in [6.45, 7) is 10.9. The summed E-state index contributed by atoms with van der Waals surface area (Å²) in [7, 11) is -4.46. The van der Waals surface area contributed by atoms with Crippen molar-refractivity contribution >= 4 is 16.2 Å².